The maximum atomic E-state index is 12.6. The maximum Gasteiger partial charge on any atom is 0.324 e. The Morgan fingerprint density at radius 3 is 2.88 bits per heavy atom. The molecule has 0 spiro atoms. The van der Waals surface area contributed by atoms with Crippen molar-refractivity contribution < 1.29 is 14.5 Å². The van der Waals surface area contributed by atoms with E-state index in [-0.39, 0.29) is 15.8 Å². The van der Waals surface area contributed by atoms with Gasteiger partial charge in [0.2, 0.25) is 0 Å². The molecule has 1 saturated heterocycles. The molecule has 0 radical (unpaired) electrons. The van der Waals surface area contributed by atoms with E-state index >= 15 is 0 Å². The summed E-state index contributed by atoms with van der Waals surface area (Å²) >= 11 is 0.788. The van der Waals surface area contributed by atoms with Crippen LogP contribution in [0.2, 0.25) is 0 Å². The molecular formula is C14H15N5O4S. The van der Waals surface area contributed by atoms with Gasteiger partial charge in [0.1, 0.15) is 6.04 Å². The van der Waals surface area contributed by atoms with Gasteiger partial charge in [-0.05, 0) is 18.9 Å². The fourth-order valence-corrected chi connectivity index (χ4v) is 3.28. The number of piperidine rings is 1. The van der Waals surface area contributed by atoms with E-state index in [1.54, 1.807) is 28.9 Å². The fourth-order valence-electron chi connectivity index (χ4n) is 2.56. The molecule has 1 aliphatic rings. The average molecular weight is 349 g/mol. The molecule has 24 heavy (non-hydrogen) atoms. The first-order chi connectivity index (χ1) is 11.5. The first kappa shape index (κ1) is 16.1. The zero-order chi connectivity index (χ0) is 17.3. The molecular weight excluding hydrogens is 334 g/mol. The monoisotopic (exact) mass is 349 g/mol. The van der Waals surface area contributed by atoms with Gasteiger partial charge < -0.3 is 5.32 Å². The standard InChI is InChI=1S/C14H15N5O4S/c1-17-8-6-11(16-17)18-7-2-3-9(14(18)21)15-13(20)10-4-5-12(24-10)19(22)23/h4-6,8-9H,2-3,7H2,1H3,(H,15,20). The largest absolute Gasteiger partial charge is 0.340 e. The van der Waals surface area contributed by atoms with Crippen molar-refractivity contribution in [2.24, 2.45) is 7.05 Å². The van der Waals surface area contributed by atoms with E-state index in [9.17, 15) is 19.7 Å². The number of thiophene rings is 1. The second-order valence-corrected chi connectivity index (χ2v) is 6.46. The molecule has 10 heteroatoms. The fraction of sp³-hybridized carbons (Fsp3) is 0.357. The molecule has 2 aromatic heterocycles. The number of hydrogen-bond donors (Lipinski definition) is 1. The van der Waals surface area contributed by atoms with E-state index in [1.165, 1.54) is 12.1 Å². The van der Waals surface area contributed by atoms with Crippen LogP contribution < -0.4 is 10.2 Å². The van der Waals surface area contributed by atoms with Crippen molar-refractivity contribution in [3.05, 3.63) is 39.4 Å². The van der Waals surface area contributed by atoms with Gasteiger partial charge in [0, 0.05) is 31.9 Å². The number of nitrogens with one attached hydrogen (secondary N) is 1. The second-order valence-electron chi connectivity index (χ2n) is 5.40. The summed E-state index contributed by atoms with van der Waals surface area (Å²) < 4.78 is 1.61. The predicted octanol–water partition coefficient (Wildman–Crippen LogP) is 1.32. The quantitative estimate of drug-likeness (QED) is 0.661. The highest BCUT2D eigenvalue weighted by Gasteiger charge is 2.32. The van der Waals surface area contributed by atoms with Crippen molar-refractivity contribution in [2.45, 2.75) is 18.9 Å². The minimum atomic E-state index is -0.658. The number of nitro groups is 1. The zero-order valence-corrected chi connectivity index (χ0v) is 13.7. The Morgan fingerprint density at radius 2 is 2.25 bits per heavy atom. The van der Waals surface area contributed by atoms with Gasteiger partial charge in [0.15, 0.2) is 5.82 Å². The van der Waals surface area contributed by atoms with Crippen LogP contribution in [-0.2, 0) is 11.8 Å². The van der Waals surface area contributed by atoms with Gasteiger partial charge in [0.25, 0.3) is 11.8 Å². The van der Waals surface area contributed by atoms with Crippen LogP contribution in [0, 0.1) is 10.1 Å². The number of amides is 2. The topological polar surface area (TPSA) is 110 Å². The maximum absolute atomic E-state index is 12.6. The lowest BCUT2D eigenvalue weighted by Crippen LogP contribution is -2.52. The Kier molecular flexibility index (Phi) is 4.30. The Hall–Kier alpha value is -2.75. The molecule has 2 aromatic rings. The molecule has 1 fully saturated rings. The lowest BCUT2D eigenvalue weighted by Gasteiger charge is -2.31. The van der Waals surface area contributed by atoms with Crippen LogP contribution in [0.4, 0.5) is 10.8 Å². The van der Waals surface area contributed by atoms with Gasteiger partial charge in [-0.3, -0.25) is 29.3 Å². The molecule has 0 aromatic carbocycles. The van der Waals surface area contributed by atoms with E-state index < -0.39 is 16.9 Å². The summed E-state index contributed by atoms with van der Waals surface area (Å²) in [4.78, 5) is 36.7. The first-order valence-electron chi connectivity index (χ1n) is 7.32. The Balaban J connectivity index is 1.70. The minimum absolute atomic E-state index is 0.106. The van der Waals surface area contributed by atoms with Gasteiger partial charge in [-0.2, -0.15) is 5.10 Å². The molecule has 1 unspecified atom stereocenters. The van der Waals surface area contributed by atoms with Gasteiger partial charge in [-0.25, -0.2) is 0 Å². The van der Waals surface area contributed by atoms with Gasteiger partial charge in [-0.15, -0.1) is 0 Å². The molecule has 0 aliphatic carbocycles. The summed E-state index contributed by atoms with van der Waals surface area (Å²) in [6.07, 6.45) is 3.01. The molecule has 3 heterocycles. The number of hydrogen-bond acceptors (Lipinski definition) is 6. The summed E-state index contributed by atoms with van der Waals surface area (Å²) in [5.74, 6) is -0.151. The van der Waals surface area contributed by atoms with Crippen molar-refractivity contribution in [2.75, 3.05) is 11.4 Å². The highest BCUT2D eigenvalue weighted by atomic mass is 32.1. The van der Waals surface area contributed by atoms with E-state index in [0.717, 1.165) is 17.8 Å². The lowest BCUT2D eigenvalue weighted by atomic mass is 10.0. The molecule has 1 aliphatic heterocycles. The van der Waals surface area contributed by atoms with E-state index in [0.29, 0.717) is 18.8 Å². The van der Waals surface area contributed by atoms with Crippen LogP contribution in [0.3, 0.4) is 0 Å². The molecule has 0 bridgehead atoms. The van der Waals surface area contributed by atoms with Crippen molar-refractivity contribution in [1.82, 2.24) is 15.1 Å². The van der Waals surface area contributed by atoms with Crippen LogP contribution in [0.1, 0.15) is 22.5 Å². The minimum Gasteiger partial charge on any atom is -0.340 e. The molecule has 1 N–H and O–H groups in total. The SMILES string of the molecule is Cn1ccc(N2CCCC(NC(=O)c3ccc([N+](=O)[O-])s3)C2=O)n1. The van der Waals surface area contributed by atoms with Crippen LogP contribution in [0.25, 0.3) is 0 Å². The lowest BCUT2D eigenvalue weighted by molar-refractivity contribution is -0.380. The van der Waals surface area contributed by atoms with Gasteiger partial charge in [0.05, 0.1) is 9.80 Å². The number of carbonyl (C=O) groups is 2. The predicted molar refractivity (Wildman–Crippen MR) is 87.0 cm³/mol. The normalized spacial score (nSPS) is 17.8. The van der Waals surface area contributed by atoms with Crippen molar-refractivity contribution >= 4 is 34.0 Å². The summed E-state index contributed by atoms with van der Waals surface area (Å²) in [6, 6.07) is 3.75. The third kappa shape index (κ3) is 3.13. The third-order valence-corrected chi connectivity index (χ3v) is 4.75. The Labute approximate surface area is 141 Å². The highest BCUT2D eigenvalue weighted by Crippen LogP contribution is 2.24. The number of aryl methyl sites for hydroxylation is 1. The molecule has 126 valence electrons. The number of anilines is 1. The van der Waals surface area contributed by atoms with Crippen LogP contribution >= 0.6 is 11.3 Å². The van der Waals surface area contributed by atoms with E-state index in [1.807, 2.05) is 0 Å². The summed E-state index contributed by atoms with van der Waals surface area (Å²) in [5, 5.41) is 17.5. The second kappa shape index (κ2) is 6.40. The number of carbonyl (C=O) groups excluding carboxylic acids is 2. The van der Waals surface area contributed by atoms with Crippen molar-refractivity contribution in [3.63, 3.8) is 0 Å². The molecule has 2 amide bonds. The molecule has 0 saturated carbocycles. The summed E-state index contributed by atoms with van der Waals surface area (Å²) in [5.41, 5.74) is 0. The molecule has 9 nitrogen and oxygen atoms in total. The smallest absolute Gasteiger partial charge is 0.324 e. The molecule has 3 rings (SSSR count). The Morgan fingerprint density at radius 1 is 1.46 bits per heavy atom. The number of rotatable bonds is 4. The summed E-state index contributed by atoms with van der Waals surface area (Å²) in [7, 11) is 1.76. The number of nitrogens with zero attached hydrogens (tertiary/aromatic N) is 4. The van der Waals surface area contributed by atoms with Crippen molar-refractivity contribution in [1.29, 1.82) is 0 Å². The summed E-state index contributed by atoms with van der Waals surface area (Å²) in [6.45, 7) is 0.548. The van der Waals surface area contributed by atoms with Crippen LogP contribution in [0.5, 0.6) is 0 Å². The zero-order valence-electron chi connectivity index (χ0n) is 12.8. The Bertz CT molecular complexity index is 799. The highest BCUT2D eigenvalue weighted by molar-refractivity contribution is 7.17. The first-order valence-corrected chi connectivity index (χ1v) is 8.13. The van der Waals surface area contributed by atoms with Gasteiger partial charge in [-0.1, -0.05) is 11.3 Å². The van der Waals surface area contributed by atoms with Crippen molar-refractivity contribution in [3.8, 4) is 0 Å². The third-order valence-electron chi connectivity index (χ3n) is 3.72. The average Bonchev–Trinajstić information content (AvgIpc) is 3.18. The van der Waals surface area contributed by atoms with E-state index in [4.69, 9.17) is 0 Å². The van der Waals surface area contributed by atoms with E-state index in [2.05, 4.69) is 10.4 Å². The number of aromatic nitrogens is 2. The molecule has 1 atom stereocenters. The van der Waals surface area contributed by atoms with Crippen LogP contribution in [0.15, 0.2) is 24.4 Å². The van der Waals surface area contributed by atoms with Gasteiger partial charge >= 0.3 is 5.00 Å². The van der Waals surface area contributed by atoms with Crippen LogP contribution in [-0.4, -0.2) is 39.1 Å².